The Morgan fingerprint density at radius 2 is 1.82 bits per heavy atom. The number of rotatable bonds is 9. The van der Waals surface area contributed by atoms with Crippen LogP contribution in [0.5, 0.6) is 23.1 Å². The number of aryl methyl sites for hydroxylation is 1. The molecule has 2 heterocycles. The van der Waals surface area contributed by atoms with E-state index in [0.717, 1.165) is 24.6 Å². The highest BCUT2D eigenvalue weighted by Crippen LogP contribution is 2.39. The van der Waals surface area contributed by atoms with E-state index in [1.807, 2.05) is 56.7 Å². The molecule has 178 valence electrons. The smallest absolute Gasteiger partial charge is 0.219 e. The van der Waals surface area contributed by atoms with E-state index < -0.39 is 0 Å². The molecule has 33 heavy (non-hydrogen) atoms. The number of ether oxygens (including phenoxy) is 3. The fourth-order valence-corrected chi connectivity index (χ4v) is 3.20. The first-order chi connectivity index (χ1) is 15.5. The maximum Gasteiger partial charge on any atom is 0.219 e. The largest absolute Gasteiger partial charge is 0.493 e. The van der Waals surface area contributed by atoms with Crippen molar-refractivity contribution in [3.63, 3.8) is 0 Å². The van der Waals surface area contributed by atoms with Gasteiger partial charge in [0.25, 0.3) is 0 Å². The fourth-order valence-electron chi connectivity index (χ4n) is 3.20. The quantitative estimate of drug-likeness (QED) is 0.235. The summed E-state index contributed by atoms with van der Waals surface area (Å²) in [5, 5.41) is 3.35. The maximum atomic E-state index is 5.93. The van der Waals surface area contributed by atoms with Crippen LogP contribution in [-0.4, -0.2) is 48.2 Å². The Morgan fingerprint density at radius 3 is 2.36 bits per heavy atom. The number of aromatic nitrogens is 2. The molecular weight excluding hydrogens is 533 g/mol. The van der Waals surface area contributed by atoms with Gasteiger partial charge in [0, 0.05) is 44.8 Å². The number of hydrogen-bond acceptors (Lipinski definition) is 5. The molecule has 1 N–H and O–H groups in total. The van der Waals surface area contributed by atoms with Crippen LogP contribution >= 0.6 is 24.0 Å². The van der Waals surface area contributed by atoms with Crippen LogP contribution in [0, 0.1) is 0 Å². The molecule has 0 amide bonds. The van der Waals surface area contributed by atoms with E-state index >= 15 is 0 Å². The van der Waals surface area contributed by atoms with Crippen molar-refractivity contribution in [1.82, 2.24) is 19.8 Å². The van der Waals surface area contributed by atoms with Crippen molar-refractivity contribution < 1.29 is 14.2 Å². The predicted molar refractivity (Wildman–Crippen MR) is 141 cm³/mol. The summed E-state index contributed by atoms with van der Waals surface area (Å²) >= 11 is 0. The van der Waals surface area contributed by atoms with Gasteiger partial charge in [-0.15, -0.1) is 24.0 Å². The van der Waals surface area contributed by atoms with Gasteiger partial charge in [-0.1, -0.05) is 12.1 Å². The Balaban J connectivity index is 0.00000385. The zero-order valence-corrected chi connectivity index (χ0v) is 22.1. The van der Waals surface area contributed by atoms with Gasteiger partial charge in [0.2, 0.25) is 11.6 Å². The molecule has 0 saturated carbocycles. The van der Waals surface area contributed by atoms with Gasteiger partial charge in [-0.05, 0) is 36.8 Å². The highest BCUT2D eigenvalue weighted by Gasteiger charge is 2.13. The Bertz CT molecular complexity index is 1010. The molecule has 0 saturated heterocycles. The minimum absolute atomic E-state index is 0. The van der Waals surface area contributed by atoms with Gasteiger partial charge < -0.3 is 29.0 Å². The van der Waals surface area contributed by atoms with E-state index in [2.05, 4.69) is 32.8 Å². The minimum atomic E-state index is 0. The molecule has 0 spiro atoms. The first-order valence-electron chi connectivity index (χ1n) is 10.5. The lowest BCUT2D eigenvalue weighted by atomic mass is 10.3. The van der Waals surface area contributed by atoms with E-state index in [0.29, 0.717) is 29.7 Å². The summed E-state index contributed by atoms with van der Waals surface area (Å²) in [5.41, 5.74) is 2.19. The summed E-state index contributed by atoms with van der Waals surface area (Å²) < 4.78 is 18.8. The lowest BCUT2D eigenvalue weighted by Gasteiger charge is -2.22. The molecule has 0 bridgehead atoms. The molecule has 9 heteroatoms. The number of hydrogen-bond donors (Lipinski definition) is 1. The summed E-state index contributed by atoms with van der Waals surface area (Å²) in [5.74, 6) is 2.95. The van der Waals surface area contributed by atoms with Crippen LogP contribution in [0.25, 0.3) is 0 Å². The third-order valence-corrected chi connectivity index (χ3v) is 4.95. The minimum Gasteiger partial charge on any atom is -0.493 e. The van der Waals surface area contributed by atoms with E-state index in [1.165, 1.54) is 5.69 Å². The second-order valence-electron chi connectivity index (χ2n) is 7.24. The van der Waals surface area contributed by atoms with Crippen molar-refractivity contribution in [2.45, 2.75) is 20.0 Å². The first-order valence-corrected chi connectivity index (χ1v) is 10.5. The van der Waals surface area contributed by atoms with Crippen LogP contribution in [0.4, 0.5) is 0 Å². The van der Waals surface area contributed by atoms with Gasteiger partial charge in [0.05, 0.1) is 27.3 Å². The summed E-state index contributed by atoms with van der Waals surface area (Å²) in [6.45, 7) is 4.12. The summed E-state index contributed by atoms with van der Waals surface area (Å²) in [7, 11) is 7.26. The SMILES string of the molecule is CCNC(=NCc1ccc(Oc2c(OC)cccc2OC)nc1)N(C)Cc1cccn1C.I. The topological polar surface area (TPSA) is 73.1 Å². The number of benzene rings is 1. The molecule has 0 atom stereocenters. The Kier molecular flexibility index (Phi) is 10.3. The average molecular weight is 565 g/mol. The molecule has 1 aromatic carbocycles. The van der Waals surface area contributed by atoms with Gasteiger partial charge in [-0.25, -0.2) is 9.98 Å². The molecule has 0 unspecified atom stereocenters. The Morgan fingerprint density at radius 1 is 1.09 bits per heavy atom. The summed E-state index contributed by atoms with van der Waals surface area (Å²) in [6, 6.07) is 13.4. The highest BCUT2D eigenvalue weighted by molar-refractivity contribution is 14.0. The third-order valence-electron chi connectivity index (χ3n) is 4.95. The maximum absolute atomic E-state index is 5.93. The van der Waals surface area contributed by atoms with Gasteiger partial charge >= 0.3 is 0 Å². The highest BCUT2D eigenvalue weighted by atomic mass is 127. The zero-order chi connectivity index (χ0) is 22.9. The molecule has 0 fully saturated rings. The predicted octanol–water partition coefficient (Wildman–Crippen LogP) is 4.45. The Hall–Kier alpha value is -2.95. The van der Waals surface area contributed by atoms with Gasteiger partial charge in [0.15, 0.2) is 17.5 Å². The lowest BCUT2D eigenvalue weighted by molar-refractivity contribution is 0.342. The van der Waals surface area contributed by atoms with Gasteiger partial charge in [0.1, 0.15) is 0 Å². The molecule has 2 aromatic heterocycles. The summed E-state index contributed by atoms with van der Waals surface area (Å²) in [6.07, 6.45) is 3.81. The standard InChI is InChI=1S/C24H31N5O3.HI/c1-6-25-24(29(3)17-19-9-8-14-28(19)2)27-16-18-12-13-22(26-15-18)32-23-20(30-4)10-7-11-21(23)31-5;/h7-15H,6,16-17H2,1-5H3,(H,25,27);1H. The van der Waals surface area contributed by atoms with E-state index in [9.17, 15) is 0 Å². The molecule has 3 aromatic rings. The van der Waals surface area contributed by atoms with Crippen molar-refractivity contribution in [1.29, 1.82) is 0 Å². The van der Waals surface area contributed by atoms with Crippen molar-refractivity contribution in [2.24, 2.45) is 12.0 Å². The summed E-state index contributed by atoms with van der Waals surface area (Å²) in [4.78, 5) is 11.3. The normalized spacial score (nSPS) is 10.9. The molecule has 0 radical (unpaired) electrons. The number of pyridine rings is 1. The number of para-hydroxylation sites is 1. The third kappa shape index (κ3) is 7.01. The van der Waals surface area contributed by atoms with Crippen LogP contribution < -0.4 is 19.5 Å². The molecule has 0 aliphatic carbocycles. The number of methoxy groups -OCH3 is 2. The van der Waals surface area contributed by atoms with Crippen LogP contribution in [0.15, 0.2) is 59.9 Å². The van der Waals surface area contributed by atoms with Crippen LogP contribution in [0.1, 0.15) is 18.2 Å². The van der Waals surface area contributed by atoms with Crippen molar-refractivity contribution in [3.8, 4) is 23.1 Å². The number of halogens is 1. The number of guanidine groups is 1. The first kappa shape index (κ1) is 26.3. The molecule has 0 aliphatic rings. The van der Waals surface area contributed by atoms with Gasteiger partial charge in [-0.2, -0.15) is 0 Å². The molecule has 3 rings (SSSR count). The van der Waals surface area contributed by atoms with Crippen LogP contribution in [0.2, 0.25) is 0 Å². The van der Waals surface area contributed by atoms with Crippen molar-refractivity contribution in [3.05, 3.63) is 66.1 Å². The van der Waals surface area contributed by atoms with Crippen molar-refractivity contribution in [2.75, 3.05) is 27.8 Å². The van der Waals surface area contributed by atoms with Crippen LogP contribution in [0.3, 0.4) is 0 Å². The van der Waals surface area contributed by atoms with E-state index in [1.54, 1.807) is 20.4 Å². The fraction of sp³-hybridized carbons (Fsp3) is 0.333. The lowest BCUT2D eigenvalue weighted by Crippen LogP contribution is -2.38. The van der Waals surface area contributed by atoms with E-state index in [-0.39, 0.29) is 24.0 Å². The molecule has 8 nitrogen and oxygen atoms in total. The molecule has 0 aliphatic heterocycles. The second-order valence-corrected chi connectivity index (χ2v) is 7.24. The molecular formula is C24H32IN5O3. The number of nitrogens with zero attached hydrogens (tertiary/aromatic N) is 4. The Labute approximate surface area is 212 Å². The van der Waals surface area contributed by atoms with E-state index in [4.69, 9.17) is 19.2 Å². The van der Waals surface area contributed by atoms with Gasteiger partial charge in [-0.3, -0.25) is 0 Å². The number of nitrogens with one attached hydrogen (secondary N) is 1. The average Bonchev–Trinajstić information content (AvgIpc) is 3.21. The zero-order valence-electron chi connectivity index (χ0n) is 19.7. The van der Waals surface area contributed by atoms with Crippen LogP contribution in [-0.2, 0) is 20.1 Å². The number of aliphatic imine (C=N–C) groups is 1. The van der Waals surface area contributed by atoms with Crippen molar-refractivity contribution >= 4 is 29.9 Å². The monoisotopic (exact) mass is 565 g/mol. The second kappa shape index (κ2) is 12.9.